The van der Waals surface area contributed by atoms with Crippen molar-refractivity contribution in [1.82, 2.24) is 9.55 Å². The number of hydrogen-bond donors (Lipinski definition) is 1. The maximum atomic E-state index is 13.6. The van der Waals surface area contributed by atoms with Crippen LogP contribution in [0.15, 0.2) is 30.5 Å². The Balaban J connectivity index is 2.43. The molecule has 0 amide bonds. The second-order valence-corrected chi connectivity index (χ2v) is 3.85. The van der Waals surface area contributed by atoms with Crippen LogP contribution in [0.1, 0.15) is 24.2 Å². The van der Waals surface area contributed by atoms with Crippen molar-refractivity contribution in [3.63, 3.8) is 0 Å². The maximum Gasteiger partial charge on any atom is 0.200 e. The fraction of sp³-hybridized carbons (Fsp3) is 0.250. The predicted octanol–water partition coefficient (Wildman–Crippen LogP) is 2.52. The number of nitrogen functional groups attached to an aromatic ring is 1. The van der Waals surface area contributed by atoms with Gasteiger partial charge in [-0.15, -0.1) is 0 Å². The van der Waals surface area contributed by atoms with Crippen molar-refractivity contribution in [1.29, 1.82) is 0 Å². The highest BCUT2D eigenvalue weighted by Gasteiger charge is 2.14. The topological polar surface area (TPSA) is 43.8 Å². The standard InChI is InChI=1S/C12H14FN3/c1-8-7-16(12(14)15-8)9(2)10-5-3-4-6-11(10)13/h3-7,9H,1-2H3,(H2,14,15). The van der Waals surface area contributed by atoms with E-state index in [1.165, 1.54) is 6.07 Å². The summed E-state index contributed by atoms with van der Waals surface area (Å²) in [5, 5.41) is 0. The van der Waals surface area contributed by atoms with E-state index in [0.717, 1.165) is 5.69 Å². The van der Waals surface area contributed by atoms with Gasteiger partial charge in [0.1, 0.15) is 5.82 Å². The summed E-state index contributed by atoms with van der Waals surface area (Å²) in [7, 11) is 0. The van der Waals surface area contributed by atoms with E-state index in [4.69, 9.17) is 5.73 Å². The average molecular weight is 219 g/mol. The third kappa shape index (κ3) is 1.78. The highest BCUT2D eigenvalue weighted by Crippen LogP contribution is 2.23. The van der Waals surface area contributed by atoms with Gasteiger partial charge in [0.2, 0.25) is 5.95 Å². The van der Waals surface area contributed by atoms with Crippen LogP contribution in [-0.2, 0) is 0 Å². The number of anilines is 1. The molecule has 0 fully saturated rings. The van der Waals surface area contributed by atoms with Crippen LogP contribution in [0.4, 0.5) is 10.3 Å². The molecule has 1 aromatic heterocycles. The molecule has 0 aliphatic carbocycles. The van der Waals surface area contributed by atoms with E-state index in [1.54, 1.807) is 16.7 Å². The Morgan fingerprint density at radius 2 is 2.06 bits per heavy atom. The van der Waals surface area contributed by atoms with Crippen molar-refractivity contribution in [2.75, 3.05) is 5.73 Å². The van der Waals surface area contributed by atoms with Crippen molar-refractivity contribution < 1.29 is 4.39 Å². The summed E-state index contributed by atoms with van der Waals surface area (Å²) in [5.74, 6) is 0.189. The summed E-state index contributed by atoms with van der Waals surface area (Å²) in [4.78, 5) is 4.11. The number of hydrogen-bond acceptors (Lipinski definition) is 2. The Bertz CT molecular complexity index is 505. The molecule has 0 saturated heterocycles. The van der Waals surface area contributed by atoms with Crippen LogP contribution >= 0.6 is 0 Å². The molecule has 0 aliphatic rings. The molecule has 16 heavy (non-hydrogen) atoms. The van der Waals surface area contributed by atoms with Crippen molar-refractivity contribution in [2.45, 2.75) is 19.9 Å². The minimum absolute atomic E-state index is 0.151. The molecule has 3 nitrogen and oxygen atoms in total. The molecule has 1 atom stereocenters. The van der Waals surface area contributed by atoms with Gasteiger partial charge in [0.25, 0.3) is 0 Å². The monoisotopic (exact) mass is 219 g/mol. The summed E-state index contributed by atoms with van der Waals surface area (Å²) in [6.45, 7) is 3.76. The van der Waals surface area contributed by atoms with E-state index in [1.807, 2.05) is 26.1 Å². The first-order valence-electron chi connectivity index (χ1n) is 5.15. The number of nitrogens with two attached hydrogens (primary N) is 1. The van der Waals surface area contributed by atoms with E-state index in [-0.39, 0.29) is 11.9 Å². The Labute approximate surface area is 93.7 Å². The molecule has 0 radical (unpaired) electrons. The molecule has 2 rings (SSSR count). The molecule has 0 spiro atoms. The first-order chi connectivity index (χ1) is 7.59. The van der Waals surface area contributed by atoms with Crippen molar-refractivity contribution in [3.8, 4) is 0 Å². The quantitative estimate of drug-likeness (QED) is 0.843. The molecule has 4 heteroatoms. The smallest absolute Gasteiger partial charge is 0.200 e. The van der Waals surface area contributed by atoms with Gasteiger partial charge in [-0.25, -0.2) is 9.37 Å². The number of imidazole rings is 1. The molecule has 2 N–H and O–H groups in total. The fourth-order valence-corrected chi connectivity index (χ4v) is 1.81. The van der Waals surface area contributed by atoms with Crippen LogP contribution in [-0.4, -0.2) is 9.55 Å². The highest BCUT2D eigenvalue weighted by atomic mass is 19.1. The number of nitrogens with zero attached hydrogens (tertiary/aromatic N) is 2. The van der Waals surface area contributed by atoms with E-state index < -0.39 is 0 Å². The molecule has 0 bridgehead atoms. The SMILES string of the molecule is Cc1cn(C(C)c2ccccc2F)c(N)n1. The van der Waals surface area contributed by atoms with Gasteiger partial charge in [-0.1, -0.05) is 18.2 Å². The first-order valence-corrected chi connectivity index (χ1v) is 5.15. The lowest BCUT2D eigenvalue weighted by Crippen LogP contribution is -2.10. The highest BCUT2D eigenvalue weighted by molar-refractivity contribution is 5.28. The third-order valence-corrected chi connectivity index (χ3v) is 2.65. The lowest BCUT2D eigenvalue weighted by atomic mass is 10.1. The van der Waals surface area contributed by atoms with Gasteiger partial charge in [-0.2, -0.15) is 0 Å². The number of rotatable bonds is 2. The van der Waals surface area contributed by atoms with E-state index >= 15 is 0 Å². The second-order valence-electron chi connectivity index (χ2n) is 3.85. The summed E-state index contributed by atoms with van der Waals surface area (Å²) in [6.07, 6.45) is 1.83. The first kappa shape index (κ1) is 10.7. The average Bonchev–Trinajstić information content (AvgIpc) is 2.58. The molecule has 0 saturated carbocycles. The number of aromatic nitrogens is 2. The predicted molar refractivity (Wildman–Crippen MR) is 61.6 cm³/mol. The largest absolute Gasteiger partial charge is 0.369 e. The van der Waals surface area contributed by atoms with Crippen LogP contribution in [0.5, 0.6) is 0 Å². The van der Waals surface area contributed by atoms with Crippen molar-refractivity contribution in [3.05, 3.63) is 47.5 Å². The lowest BCUT2D eigenvalue weighted by Gasteiger charge is -2.15. The molecule has 2 aromatic rings. The number of benzene rings is 1. The summed E-state index contributed by atoms with van der Waals surface area (Å²) >= 11 is 0. The number of halogens is 1. The van der Waals surface area contributed by atoms with Gasteiger partial charge in [0, 0.05) is 11.8 Å². The van der Waals surface area contributed by atoms with E-state index in [0.29, 0.717) is 11.5 Å². The van der Waals surface area contributed by atoms with Crippen LogP contribution in [0, 0.1) is 12.7 Å². The summed E-state index contributed by atoms with van der Waals surface area (Å²) in [5.41, 5.74) is 7.21. The van der Waals surface area contributed by atoms with Gasteiger partial charge in [0.15, 0.2) is 0 Å². The number of aryl methyl sites for hydroxylation is 1. The van der Waals surface area contributed by atoms with Crippen LogP contribution in [0.25, 0.3) is 0 Å². The minimum atomic E-state index is -0.222. The molecule has 84 valence electrons. The zero-order chi connectivity index (χ0) is 11.7. The Hall–Kier alpha value is -1.84. The molecular formula is C12H14FN3. The van der Waals surface area contributed by atoms with Gasteiger partial charge < -0.3 is 10.3 Å². The zero-order valence-electron chi connectivity index (χ0n) is 9.31. The molecule has 1 aromatic carbocycles. The van der Waals surface area contributed by atoms with Crippen molar-refractivity contribution in [2.24, 2.45) is 0 Å². The van der Waals surface area contributed by atoms with Crippen LogP contribution in [0.2, 0.25) is 0 Å². The van der Waals surface area contributed by atoms with E-state index in [2.05, 4.69) is 4.98 Å². The van der Waals surface area contributed by atoms with Gasteiger partial charge in [-0.05, 0) is 19.9 Å². The maximum absolute atomic E-state index is 13.6. The van der Waals surface area contributed by atoms with Crippen LogP contribution in [0.3, 0.4) is 0 Å². The van der Waals surface area contributed by atoms with Crippen LogP contribution < -0.4 is 5.73 Å². The molecule has 1 heterocycles. The summed E-state index contributed by atoms with van der Waals surface area (Å²) < 4.78 is 15.4. The van der Waals surface area contributed by atoms with Gasteiger partial charge >= 0.3 is 0 Å². The Morgan fingerprint density at radius 1 is 1.38 bits per heavy atom. The Kier molecular flexibility index (Phi) is 2.64. The van der Waals surface area contributed by atoms with E-state index in [9.17, 15) is 4.39 Å². The molecular weight excluding hydrogens is 205 g/mol. The summed E-state index contributed by atoms with van der Waals surface area (Å²) in [6, 6.07) is 6.55. The fourth-order valence-electron chi connectivity index (χ4n) is 1.81. The molecule has 0 aliphatic heterocycles. The van der Waals surface area contributed by atoms with Gasteiger partial charge in [0.05, 0.1) is 11.7 Å². The Morgan fingerprint density at radius 3 is 2.62 bits per heavy atom. The normalized spacial score (nSPS) is 12.7. The lowest BCUT2D eigenvalue weighted by molar-refractivity contribution is 0.560. The zero-order valence-corrected chi connectivity index (χ0v) is 9.31. The third-order valence-electron chi connectivity index (χ3n) is 2.65. The second kappa shape index (κ2) is 3.96. The molecule has 1 unspecified atom stereocenters. The minimum Gasteiger partial charge on any atom is -0.369 e. The van der Waals surface area contributed by atoms with Crippen molar-refractivity contribution >= 4 is 5.95 Å². The van der Waals surface area contributed by atoms with Gasteiger partial charge in [-0.3, -0.25) is 0 Å².